The number of carbonyl (C=O) groups is 1. The zero-order chi connectivity index (χ0) is 11.2. The Morgan fingerprint density at radius 3 is 2.47 bits per heavy atom. The molecular weight excluding hydrogens is 192 g/mol. The molecule has 2 N–H and O–H groups in total. The van der Waals surface area contributed by atoms with Crippen LogP contribution < -0.4 is 5.73 Å². The molecule has 1 aliphatic carbocycles. The van der Waals surface area contributed by atoms with Gasteiger partial charge in [0.1, 0.15) is 5.60 Å². The number of carbonyl (C=O) groups excluding carboxylic acids is 1. The summed E-state index contributed by atoms with van der Waals surface area (Å²) in [5, 5.41) is 0. The van der Waals surface area contributed by atoms with Gasteiger partial charge in [0.15, 0.2) is 0 Å². The van der Waals surface area contributed by atoms with Crippen LogP contribution in [0.2, 0.25) is 0 Å². The first-order chi connectivity index (χ1) is 6.87. The average molecular weight is 212 g/mol. The van der Waals surface area contributed by atoms with E-state index in [0.29, 0.717) is 12.0 Å². The maximum Gasteiger partial charge on any atom is 0.410 e. The Balaban J connectivity index is 1.94. The van der Waals surface area contributed by atoms with E-state index in [4.69, 9.17) is 10.5 Å². The quantitative estimate of drug-likeness (QED) is 0.659. The zero-order valence-corrected chi connectivity index (χ0v) is 9.69. The third-order valence-electron chi connectivity index (χ3n) is 3.22. The van der Waals surface area contributed by atoms with Gasteiger partial charge in [-0.1, -0.05) is 0 Å². The fourth-order valence-electron chi connectivity index (χ4n) is 2.54. The summed E-state index contributed by atoms with van der Waals surface area (Å²) in [5.74, 6) is 0.488. The van der Waals surface area contributed by atoms with Crippen LogP contribution >= 0.6 is 0 Å². The predicted octanol–water partition coefficient (Wildman–Crippen LogP) is 1.34. The Labute approximate surface area is 90.8 Å². The molecule has 3 atom stereocenters. The molecule has 4 nitrogen and oxygen atoms in total. The monoisotopic (exact) mass is 212 g/mol. The van der Waals surface area contributed by atoms with Crippen molar-refractivity contribution in [1.29, 1.82) is 0 Å². The number of amides is 1. The fourth-order valence-corrected chi connectivity index (χ4v) is 2.54. The molecule has 0 aromatic carbocycles. The molecule has 1 saturated carbocycles. The molecule has 0 aromatic heterocycles. The smallest absolute Gasteiger partial charge is 0.410 e. The van der Waals surface area contributed by atoms with E-state index in [1.807, 2.05) is 25.7 Å². The Kier molecular flexibility index (Phi) is 2.41. The highest BCUT2D eigenvalue weighted by atomic mass is 16.6. The molecular formula is C11H20N2O2. The van der Waals surface area contributed by atoms with Gasteiger partial charge in [-0.15, -0.1) is 0 Å². The number of ether oxygens (including phenoxy) is 1. The van der Waals surface area contributed by atoms with Crippen LogP contribution in [0.1, 0.15) is 33.6 Å². The molecule has 1 amide bonds. The van der Waals surface area contributed by atoms with Crippen molar-refractivity contribution in [2.24, 2.45) is 11.7 Å². The minimum Gasteiger partial charge on any atom is -0.444 e. The van der Waals surface area contributed by atoms with Gasteiger partial charge < -0.3 is 15.4 Å². The molecule has 2 fully saturated rings. The molecule has 1 aliphatic heterocycles. The Morgan fingerprint density at radius 2 is 2.07 bits per heavy atom. The minimum absolute atomic E-state index is 0.179. The van der Waals surface area contributed by atoms with E-state index in [2.05, 4.69) is 0 Å². The summed E-state index contributed by atoms with van der Waals surface area (Å²) in [7, 11) is 0. The topological polar surface area (TPSA) is 55.6 Å². The van der Waals surface area contributed by atoms with Gasteiger partial charge >= 0.3 is 6.09 Å². The Morgan fingerprint density at radius 1 is 1.40 bits per heavy atom. The summed E-state index contributed by atoms with van der Waals surface area (Å²) in [5.41, 5.74) is 5.53. The lowest BCUT2D eigenvalue weighted by Crippen LogP contribution is -2.46. The average Bonchev–Trinajstić information content (AvgIpc) is 2.58. The van der Waals surface area contributed by atoms with E-state index in [-0.39, 0.29) is 12.1 Å². The van der Waals surface area contributed by atoms with Crippen molar-refractivity contribution in [3.8, 4) is 0 Å². The third kappa shape index (κ3) is 2.09. The highest BCUT2D eigenvalue weighted by Crippen LogP contribution is 2.37. The van der Waals surface area contributed by atoms with Gasteiger partial charge in [0.25, 0.3) is 0 Å². The second-order valence-corrected chi connectivity index (χ2v) is 5.68. The van der Waals surface area contributed by atoms with Gasteiger partial charge in [-0.25, -0.2) is 4.79 Å². The summed E-state index contributed by atoms with van der Waals surface area (Å²) >= 11 is 0. The summed E-state index contributed by atoms with van der Waals surface area (Å²) < 4.78 is 5.36. The van der Waals surface area contributed by atoms with E-state index in [1.54, 1.807) is 0 Å². The molecule has 0 unspecified atom stereocenters. The van der Waals surface area contributed by atoms with E-state index in [1.165, 1.54) is 0 Å². The number of fused-ring (bicyclic) bond motifs is 2. The summed E-state index contributed by atoms with van der Waals surface area (Å²) in [6, 6.07) is 0.605. The van der Waals surface area contributed by atoms with Crippen molar-refractivity contribution in [3.63, 3.8) is 0 Å². The largest absolute Gasteiger partial charge is 0.444 e. The SMILES string of the molecule is CC(C)(C)OC(=O)N1C[C@@H]2C[C@H]1C[C@@H]2N. The van der Waals surface area contributed by atoms with Crippen LogP contribution in [0, 0.1) is 5.92 Å². The van der Waals surface area contributed by atoms with Gasteiger partial charge in [-0.3, -0.25) is 0 Å². The van der Waals surface area contributed by atoms with Crippen LogP contribution in [0.5, 0.6) is 0 Å². The number of hydrogen-bond acceptors (Lipinski definition) is 3. The van der Waals surface area contributed by atoms with Gasteiger partial charge in [0.2, 0.25) is 0 Å². The predicted molar refractivity (Wildman–Crippen MR) is 57.4 cm³/mol. The van der Waals surface area contributed by atoms with Crippen LogP contribution in [-0.4, -0.2) is 35.2 Å². The maximum atomic E-state index is 11.8. The van der Waals surface area contributed by atoms with Crippen LogP contribution in [0.15, 0.2) is 0 Å². The molecule has 1 heterocycles. The van der Waals surface area contributed by atoms with Crippen LogP contribution in [0.25, 0.3) is 0 Å². The number of nitrogens with zero attached hydrogens (tertiary/aromatic N) is 1. The molecule has 4 heteroatoms. The molecule has 0 aromatic rings. The first-order valence-corrected chi connectivity index (χ1v) is 5.62. The van der Waals surface area contributed by atoms with Crippen molar-refractivity contribution in [3.05, 3.63) is 0 Å². The van der Waals surface area contributed by atoms with Crippen LogP contribution in [0.3, 0.4) is 0 Å². The molecule has 1 saturated heterocycles. The van der Waals surface area contributed by atoms with Crippen molar-refractivity contribution in [2.75, 3.05) is 6.54 Å². The van der Waals surface area contributed by atoms with Crippen molar-refractivity contribution in [1.82, 2.24) is 4.90 Å². The zero-order valence-electron chi connectivity index (χ0n) is 9.69. The van der Waals surface area contributed by atoms with Crippen molar-refractivity contribution >= 4 is 6.09 Å². The molecule has 0 radical (unpaired) electrons. The van der Waals surface area contributed by atoms with Crippen LogP contribution in [-0.2, 0) is 4.74 Å². The number of piperidine rings is 1. The maximum absolute atomic E-state index is 11.8. The first-order valence-electron chi connectivity index (χ1n) is 5.62. The highest BCUT2D eigenvalue weighted by molar-refractivity contribution is 5.69. The number of hydrogen-bond donors (Lipinski definition) is 1. The Hall–Kier alpha value is -0.770. The normalized spacial score (nSPS) is 34.7. The number of nitrogens with two attached hydrogens (primary N) is 1. The number of likely N-dealkylation sites (tertiary alicyclic amines) is 1. The van der Waals surface area contributed by atoms with E-state index >= 15 is 0 Å². The first kappa shape index (κ1) is 10.7. The summed E-state index contributed by atoms with van der Waals surface area (Å²) in [4.78, 5) is 13.7. The Bertz CT molecular complexity index is 270. The lowest BCUT2D eigenvalue weighted by Gasteiger charge is -2.31. The third-order valence-corrected chi connectivity index (χ3v) is 3.22. The van der Waals surface area contributed by atoms with E-state index in [9.17, 15) is 4.79 Å². The molecule has 86 valence electrons. The standard InChI is InChI=1S/C11H20N2O2/c1-11(2,3)15-10(14)13-6-7-4-8(13)5-9(7)12/h7-9H,4-6,12H2,1-3H3/t7-,8-,9-/m0/s1. The molecule has 0 spiro atoms. The molecule has 2 bridgehead atoms. The highest BCUT2D eigenvalue weighted by Gasteiger charge is 2.46. The fraction of sp³-hybridized carbons (Fsp3) is 0.909. The second kappa shape index (κ2) is 3.37. The molecule has 2 aliphatic rings. The lowest BCUT2D eigenvalue weighted by molar-refractivity contribution is 0.0183. The molecule has 2 rings (SSSR count). The summed E-state index contributed by atoms with van der Waals surface area (Å²) in [6.07, 6.45) is 1.81. The number of rotatable bonds is 0. The minimum atomic E-state index is -0.402. The second-order valence-electron chi connectivity index (χ2n) is 5.68. The summed E-state index contributed by atoms with van der Waals surface area (Å²) in [6.45, 7) is 6.46. The van der Waals surface area contributed by atoms with Crippen LogP contribution in [0.4, 0.5) is 4.79 Å². The molecule has 15 heavy (non-hydrogen) atoms. The van der Waals surface area contributed by atoms with Gasteiger partial charge in [-0.2, -0.15) is 0 Å². The van der Waals surface area contributed by atoms with Crippen molar-refractivity contribution < 1.29 is 9.53 Å². The lowest BCUT2D eigenvalue weighted by atomic mass is 10.0. The van der Waals surface area contributed by atoms with Gasteiger partial charge in [0, 0.05) is 18.6 Å². The van der Waals surface area contributed by atoms with E-state index < -0.39 is 5.60 Å². The van der Waals surface area contributed by atoms with E-state index in [0.717, 1.165) is 19.4 Å². The van der Waals surface area contributed by atoms with Gasteiger partial charge in [0.05, 0.1) is 0 Å². The van der Waals surface area contributed by atoms with Gasteiger partial charge in [-0.05, 0) is 39.5 Å². The van der Waals surface area contributed by atoms with Crippen molar-refractivity contribution in [2.45, 2.75) is 51.3 Å².